The Morgan fingerprint density at radius 2 is 1.74 bits per heavy atom. The molecule has 0 unspecified atom stereocenters. The smallest absolute Gasteiger partial charge is 0.231 e. The van der Waals surface area contributed by atoms with Gasteiger partial charge in [0.2, 0.25) is 6.79 Å². The van der Waals surface area contributed by atoms with Crippen LogP contribution in [0.15, 0.2) is 36.4 Å². The lowest BCUT2D eigenvalue weighted by molar-refractivity contribution is 0.174. The molecule has 0 atom stereocenters. The molecule has 0 radical (unpaired) electrons. The van der Waals surface area contributed by atoms with E-state index in [2.05, 4.69) is 0 Å². The van der Waals surface area contributed by atoms with E-state index in [1.165, 1.54) is 12.1 Å². The summed E-state index contributed by atoms with van der Waals surface area (Å²) in [5.41, 5.74) is 1.19. The Labute approximate surface area is 108 Å². The number of halogens is 2. The summed E-state index contributed by atoms with van der Waals surface area (Å²) in [6, 6.07) is 8.92. The van der Waals surface area contributed by atoms with E-state index in [1.54, 1.807) is 24.3 Å². The van der Waals surface area contributed by atoms with Crippen molar-refractivity contribution in [3.63, 3.8) is 0 Å². The molecule has 0 N–H and O–H groups in total. The van der Waals surface area contributed by atoms with Crippen LogP contribution >= 0.6 is 0 Å². The van der Waals surface area contributed by atoms with Crippen LogP contribution in [0.5, 0.6) is 11.5 Å². The maximum Gasteiger partial charge on any atom is 0.231 e. The molecule has 96 valence electrons. The van der Waals surface area contributed by atoms with Crippen LogP contribution < -0.4 is 9.47 Å². The van der Waals surface area contributed by atoms with Crippen LogP contribution in [0, 0.1) is 11.6 Å². The van der Waals surface area contributed by atoms with Crippen LogP contribution in [0.4, 0.5) is 8.78 Å². The van der Waals surface area contributed by atoms with Crippen molar-refractivity contribution in [3.05, 3.63) is 59.2 Å². The van der Waals surface area contributed by atoms with Gasteiger partial charge in [0.15, 0.2) is 11.5 Å². The highest BCUT2D eigenvalue weighted by molar-refractivity contribution is 5.71. The second-order valence-corrected chi connectivity index (χ2v) is 4.11. The number of rotatable bonds is 2. The Hall–Kier alpha value is -2.36. The van der Waals surface area contributed by atoms with Crippen molar-refractivity contribution in [2.75, 3.05) is 6.79 Å². The predicted molar refractivity (Wildman–Crippen MR) is 67.9 cm³/mol. The fraction of sp³-hybridized carbons (Fsp3) is 0.0667. The summed E-state index contributed by atoms with van der Waals surface area (Å²) in [7, 11) is 0. The van der Waals surface area contributed by atoms with Crippen molar-refractivity contribution in [1.82, 2.24) is 0 Å². The maximum absolute atomic E-state index is 13.4. The fourth-order valence-electron chi connectivity index (χ4n) is 1.84. The highest BCUT2D eigenvalue weighted by atomic mass is 19.1. The molecule has 1 heterocycles. The van der Waals surface area contributed by atoms with Crippen molar-refractivity contribution in [1.29, 1.82) is 0 Å². The number of fused-ring (bicyclic) bond motifs is 1. The summed E-state index contributed by atoms with van der Waals surface area (Å²) in [5, 5.41) is 0. The summed E-state index contributed by atoms with van der Waals surface area (Å²) in [5.74, 6) is 0.196. The highest BCUT2D eigenvalue weighted by Crippen LogP contribution is 2.33. The molecule has 19 heavy (non-hydrogen) atoms. The molecule has 2 nitrogen and oxygen atoms in total. The van der Waals surface area contributed by atoms with Gasteiger partial charge in [-0.25, -0.2) is 8.78 Å². The molecule has 0 spiro atoms. The van der Waals surface area contributed by atoms with Crippen LogP contribution in [0.3, 0.4) is 0 Å². The van der Waals surface area contributed by atoms with Crippen LogP contribution in [0.2, 0.25) is 0 Å². The highest BCUT2D eigenvalue weighted by Gasteiger charge is 2.12. The standard InChI is InChI=1S/C15H10F2O2/c16-12-5-4-11(13(17)8-12)3-1-10-2-6-14-15(7-10)19-9-18-14/h1-8H,9H2/b3-1+. The second-order valence-electron chi connectivity index (χ2n) is 4.11. The lowest BCUT2D eigenvalue weighted by atomic mass is 10.1. The van der Waals surface area contributed by atoms with Gasteiger partial charge in [-0.2, -0.15) is 0 Å². The van der Waals surface area contributed by atoms with Gasteiger partial charge in [-0.15, -0.1) is 0 Å². The van der Waals surface area contributed by atoms with E-state index in [9.17, 15) is 8.78 Å². The monoisotopic (exact) mass is 260 g/mol. The number of ether oxygens (including phenoxy) is 2. The van der Waals surface area contributed by atoms with Gasteiger partial charge in [0.05, 0.1) is 0 Å². The van der Waals surface area contributed by atoms with Gasteiger partial charge < -0.3 is 9.47 Å². The van der Waals surface area contributed by atoms with Crippen molar-refractivity contribution >= 4 is 12.2 Å². The zero-order chi connectivity index (χ0) is 13.2. The largest absolute Gasteiger partial charge is 0.454 e. The zero-order valence-corrected chi connectivity index (χ0v) is 9.90. The Balaban J connectivity index is 1.86. The third-order valence-electron chi connectivity index (χ3n) is 2.81. The Morgan fingerprint density at radius 3 is 2.58 bits per heavy atom. The lowest BCUT2D eigenvalue weighted by Crippen LogP contribution is -1.92. The number of benzene rings is 2. The quantitative estimate of drug-likeness (QED) is 0.763. The molecule has 0 fully saturated rings. The van der Waals surface area contributed by atoms with E-state index in [1.807, 2.05) is 6.07 Å². The molecule has 0 aromatic heterocycles. The zero-order valence-electron chi connectivity index (χ0n) is 9.90. The van der Waals surface area contributed by atoms with Gasteiger partial charge in [0, 0.05) is 11.6 Å². The molecule has 3 rings (SSSR count). The van der Waals surface area contributed by atoms with Gasteiger partial charge in [0.25, 0.3) is 0 Å². The minimum atomic E-state index is -0.586. The first-order valence-electron chi connectivity index (χ1n) is 5.75. The van der Waals surface area contributed by atoms with E-state index in [-0.39, 0.29) is 6.79 Å². The SMILES string of the molecule is Fc1ccc(/C=C/c2ccc3c(c2)OCO3)c(F)c1. The third-order valence-corrected chi connectivity index (χ3v) is 2.81. The average Bonchev–Trinajstić information content (AvgIpc) is 2.85. The van der Waals surface area contributed by atoms with Crippen molar-refractivity contribution < 1.29 is 18.3 Å². The van der Waals surface area contributed by atoms with Crippen molar-refractivity contribution in [2.45, 2.75) is 0 Å². The topological polar surface area (TPSA) is 18.5 Å². The Kier molecular flexibility index (Phi) is 2.91. The van der Waals surface area contributed by atoms with Gasteiger partial charge in [0.1, 0.15) is 11.6 Å². The third kappa shape index (κ3) is 2.42. The Morgan fingerprint density at radius 1 is 0.895 bits per heavy atom. The van der Waals surface area contributed by atoms with Crippen molar-refractivity contribution in [2.24, 2.45) is 0 Å². The van der Waals surface area contributed by atoms with Gasteiger partial charge >= 0.3 is 0 Å². The second kappa shape index (κ2) is 4.72. The minimum absolute atomic E-state index is 0.217. The van der Waals surface area contributed by atoms with E-state index < -0.39 is 11.6 Å². The molecule has 1 aliphatic rings. The molecule has 1 aliphatic heterocycles. The van der Waals surface area contributed by atoms with Crippen LogP contribution in [-0.4, -0.2) is 6.79 Å². The molecule has 2 aromatic rings. The summed E-state index contributed by atoms with van der Waals surface area (Å²) >= 11 is 0. The number of hydrogen-bond acceptors (Lipinski definition) is 2. The maximum atomic E-state index is 13.4. The van der Waals surface area contributed by atoms with E-state index in [0.717, 1.165) is 11.6 Å². The lowest BCUT2D eigenvalue weighted by Gasteiger charge is -1.99. The van der Waals surface area contributed by atoms with Gasteiger partial charge in [-0.3, -0.25) is 0 Å². The first kappa shape index (κ1) is 11.7. The van der Waals surface area contributed by atoms with Gasteiger partial charge in [-0.05, 0) is 29.8 Å². The molecular formula is C15H10F2O2. The first-order valence-corrected chi connectivity index (χ1v) is 5.75. The summed E-state index contributed by atoms with van der Waals surface area (Å²) in [4.78, 5) is 0. The molecule has 0 amide bonds. The molecule has 0 aliphatic carbocycles. The minimum Gasteiger partial charge on any atom is -0.454 e. The molecule has 4 heteroatoms. The van der Waals surface area contributed by atoms with Gasteiger partial charge in [-0.1, -0.05) is 18.2 Å². The normalized spacial score (nSPS) is 13.2. The van der Waals surface area contributed by atoms with E-state index in [0.29, 0.717) is 17.1 Å². The average molecular weight is 260 g/mol. The molecule has 0 saturated heterocycles. The first-order chi connectivity index (χ1) is 9.22. The molecule has 0 saturated carbocycles. The Bertz CT molecular complexity index is 651. The summed E-state index contributed by atoms with van der Waals surface area (Å²) in [6.45, 7) is 0.217. The van der Waals surface area contributed by atoms with E-state index in [4.69, 9.17) is 9.47 Å². The predicted octanol–water partition coefficient (Wildman–Crippen LogP) is 3.86. The summed E-state index contributed by atoms with van der Waals surface area (Å²) < 4.78 is 36.7. The van der Waals surface area contributed by atoms with Crippen molar-refractivity contribution in [3.8, 4) is 11.5 Å². The number of hydrogen-bond donors (Lipinski definition) is 0. The molecule has 0 bridgehead atoms. The van der Waals surface area contributed by atoms with E-state index >= 15 is 0 Å². The molecular weight excluding hydrogens is 250 g/mol. The summed E-state index contributed by atoms with van der Waals surface area (Å²) in [6.07, 6.45) is 3.32. The fourth-order valence-corrected chi connectivity index (χ4v) is 1.84. The van der Waals surface area contributed by atoms with Crippen LogP contribution in [-0.2, 0) is 0 Å². The van der Waals surface area contributed by atoms with Crippen LogP contribution in [0.25, 0.3) is 12.2 Å². The molecule has 2 aromatic carbocycles. The van der Waals surface area contributed by atoms with Crippen LogP contribution in [0.1, 0.15) is 11.1 Å².